The Labute approximate surface area is 114 Å². The van der Waals surface area contributed by atoms with Gasteiger partial charge in [-0.25, -0.2) is 4.39 Å². The van der Waals surface area contributed by atoms with Gasteiger partial charge >= 0.3 is 0 Å². The van der Waals surface area contributed by atoms with Gasteiger partial charge in [0.2, 0.25) is 0 Å². The Balaban J connectivity index is 4.16. The summed E-state index contributed by atoms with van der Waals surface area (Å²) in [7, 11) is 0. The molecular weight excluding hydrogens is 223 g/mol. The first kappa shape index (κ1) is 17.7. The highest BCUT2D eigenvalue weighted by Crippen LogP contribution is 2.31. The Morgan fingerprint density at radius 1 is 1.17 bits per heavy atom. The third-order valence-corrected chi connectivity index (χ3v) is 4.19. The van der Waals surface area contributed by atoms with Gasteiger partial charge in [0, 0.05) is 0 Å². The van der Waals surface area contributed by atoms with E-state index in [1.807, 2.05) is 0 Å². The van der Waals surface area contributed by atoms with Crippen molar-refractivity contribution in [2.75, 3.05) is 0 Å². The molecule has 0 heterocycles. The Bertz CT molecular complexity index is 230. The molecule has 0 nitrogen and oxygen atoms in total. The largest absolute Gasteiger partial charge is 0.244 e. The average molecular weight is 256 g/mol. The number of halogens is 1. The summed E-state index contributed by atoms with van der Waals surface area (Å²) in [5.41, 5.74) is 0.308. The third kappa shape index (κ3) is 7.18. The van der Waals surface area contributed by atoms with Crippen LogP contribution in [0.15, 0.2) is 12.2 Å². The molecule has 0 saturated heterocycles. The van der Waals surface area contributed by atoms with E-state index in [0.29, 0.717) is 24.7 Å². The van der Waals surface area contributed by atoms with Gasteiger partial charge in [-0.1, -0.05) is 52.2 Å². The monoisotopic (exact) mass is 256 g/mol. The maximum absolute atomic E-state index is 14.1. The number of rotatable bonds is 10. The second-order valence-electron chi connectivity index (χ2n) is 6.24. The number of hydrogen-bond donors (Lipinski definition) is 0. The van der Waals surface area contributed by atoms with Crippen molar-refractivity contribution in [1.82, 2.24) is 0 Å². The minimum Gasteiger partial charge on any atom is -0.244 e. The van der Waals surface area contributed by atoms with E-state index in [0.717, 1.165) is 19.3 Å². The molecule has 0 N–H and O–H groups in total. The molecular formula is C17H33F. The smallest absolute Gasteiger partial charge is 0.108 e. The zero-order chi connectivity index (χ0) is 14.2. The Hall–Kier alpha value is -0.330. The predicted octanol–water partition coefficient (Wildman–Crippen LogP) is 6.31. The SMILES string of the molecule is C=C(C)C(C)C(CCC)CCCC(C)(F)CCC. The van der Waals surface area contributed by atoms with Gasteiger partial charge in [-0.15, -0.1) is 0 Å². The van der Waals surface area contributed by atoms with Gasteiger partial charge < -0.3 is 0 Å². The van der Waals surface area contributed by atoms with Gasteiger partial charge in [0.05, 0.1) is 0 Å². The first-order valence-electron chi connectivity index (χ1n) is 7.68. The fourth-order valence-electron chi connectivity index (χ4n) is 2.80. The molecule has 0 radical (unpaired) electrons. The van der Waals surface area contributed by atoms with Crippen molar-refractivity contribution in [3.8, 4) is 0 Å². The van der Waals surface area contributed by atoms with E-state index in [-0.39, 0.29) is 0 Å². The van der Waals surface area contributed by atoms with Crippen LogP contribution in [0.5, 0.6) is 0 Å². The first-order valence-corrected chi connectivity index (χ1v) is 7.68. The molecule has 0 aliphatic rings. The van der Waals surface area contributed by atoms with E-state index in [2.05, 4.69) is 34.3 Å². The molecule has 108 valence electrons. The van der Waals surface area contributed by atoms with Gasteiger partial charge in [0.15, 0.2) is 0 Å². The molecule has 3 unspecified atom stereocenters. The normalized spacial score (nSPS) is 18.1. The molecule has 0 rings (SSSR count). The van der Waals surface area contributed by atoms with Crippen LogP contribution in [-0.4, -0.2) is 5.67 Å². The highest BCUT2D eigenvalue weighted by Gasteiger charge is 2.23. The lowest BCUT2D eigenvalue weighted by atomic mass is 9.81. The summed E-state index contributed by atoms with van der Waals surface area (Å²) in [5.74, 6) is 1.26. The highest BCUT2D eigenvalue weighted by atomic mass is 19.1. The van der Waals surface area contributed by atoms with E-state index in [1.165, 1.54) is 18.4 Å². The van der Waals surface area contributed by atoms with Crippen molar-refractivity contribution < 1.29 is 4.39 Å². The maximum atomic E-state index is 14.1. The summed E-state index contributed by atoms with van der Waals surface area (Å²) in [6.45, 7) is 14.5. The van der Waals surface area contributed by atoms with Gasteiger partial charge in [-0.2, -0.15) is 0 Å². The number of alkyl halides is 1. The van der Waals surface area contributed by atoms with Gasteiger partial charge in [0.25, 0.3) is 0 Å². The maximum Gasteiger partial charge on any atom is 0.108 e. The van der Waals surface area contributed by atoms with Crippen LogP contribution < -0.4 is 0 Å². The predicted molar refractivity (Wildman–Crippen MR) is 80.6 cm³/mol. The molecule has 0 bridgehead atoms. The second kappa shape index (κ2) is 8.72. The van der Waals surface area contributed by atoms with Gasteiger partial charge in [-0.3, -0.25) is 0 Å². The summed E-state index contributed by atoms with van der Waals surface area (Å²) in [6, 6.07) is 0. The van der Waals surface area contributed by atoms with Crippen molar-refractivity contribution in [3.05, 3.63) is 12.2 Å². The molecule has 0 aromatic rings. The Morgan fingerprint density at radius 2 is 1.78 bits per heavy atom. The zero-order valence-corrected chi connectivity index (χ0v) is 13.2. The van der Waals surface area contributed by atoms with E-state index >= 15 is 0 Å². The van der Waals surface area contributed by atoms with Crippen LogP contribution in [0.25, 0.3) is 0 Å². The van der Waals surface area contributed by atoms with E-state index < -0.39 is 5.67 Å². The van der Waals surface area contributed by atoms with Gasteiger partial charge in [-0.05, 0) is 51.4 Å². The van der Waals surface area contributed by atoms with Crippen molar-refractivity contribution in [1.29, 1.82) is 0 Å². The van der Waals surface area contributed by atoms with Crippen molar-refractivity contribution in [2.24, 2.45) is 11.8 Å². The topological polar surface area (TPSA) is 0 Å². The Morgan fingerprint density at radius 3 is 2.22 bits per heavy atom. The molecule has 0 aliphatic heterocycles. The van der Waals surface area contributed by atoms with Crippen LogP contribution in [0.2, 0.25) is 0 Å². The lowest BCUT2D eigenvalue weighted by molar-refractivity contribution is 0.150. The fraction of sp³-hybridized carbons (Fsp3) is 0.882. The van der Waals surface area contributed by atoms with Crippen LogP contribution in [0, 0.1) is 11.8 Å². The number of hydrogen-bond acceptors (Lipinski definition) is 0. The minimum atomic E-state index is -0.960. The summed E-state index contributed by atoms with van der Waals surface area (Å²) in [6.07, 6.45) is 6.95. The van der Waals surface area contributed by atoms with Crippen molar-refractivity contribution >= 4 is 0 Å². The quantitative estimate of drug-likeness (QED) is 0.401. The summed E-state index contributed by atoms with van der Waals surface area (Å²) >= 11 is 0. The molecule has 0 aromatic carbocycles. The van der Waals surface area contributed by atoms with E-state index in [9.17, 15) is 4.39 Å². The average Bonchev–Trinajstić information content (AvgIpc) is 2.26. The molecule has 1 heteroatoms. The van der Waals surface area contributed by atoms with E-state index in [1.54, 1.807) is 6.92 Å². The molecule has 0 spiro atoms. The summed E-state index contributed by atoms with van der Waals surface area (Å²) < 4.78 is 14.1. The molecule has 0 aliphatic carbocycles. The van der Waals surface area contributed by atoms with Crippen LogP contribution in [0.1, 0.15) is 79.6 Å². The molecule has 18 heavy (non-hydrogen) atoms. The van der Waals surface area contributed by atoms with Crippen molar-refractivity contribution in [3.63, 3.8) is 0 Å². The van der Waals surface area contributed by atoms with Crippen molar-refractivity contribution in [2.45, 2.75) is 85.2 Å². The molecule has 0 saturated carbocycles. The van der Waals surface area contributed by atoms with Crippen LogP contribution in [0.4, 0.5) is 4.39 Å². The fourth-order valence-corrected chi connectivity index (χ4v) is 2.80. The van der Waals surface area contributed by atoms with Gasteiger partial charge in [0.1, 0.15) is 5.67 Å². The Kier molecular flexibility index (Phi) is 8.56. The standard InChI is InChI=1S/C17H33F/c1-7-10-16(15(5)14(3)4)11-9-13-17(6,18)12-8-2/h15-16H,3,7-13H2,1-2,4-6H3. The second-order valence-corrected chi connectivity index (χ2v) is 6.24. The molecule has 0 amide bonds. The third-order valence-electron chi connectivity index (χ3n) is 4.19. The van der Waals surface area contributed by atoms with Crippen LogP contribution in [0.3, 0.4) is 0 Å². The molecule has 3 atom stereocenters. The lowest BCUT2D eigenvalue weighted by Crippen LogP contribution is -2.19. The minimum absolute atomic E-state index is 0.571. The first-order chi connectivity index (χ1) is 8.34. The zero-order valence-electron chi connectivity index (χ0n) is 13.2. The molecule has 0 fully saturated rings. The lowest BCUT2D eigenvalue weighted by Gasteiger charge is -2.26. The van der Waals surface area contributed by atoms with Crippen LogP contribution >= 0.6 is 0 Å². The summed E-state index contributed by atoms with van der Waals surface area (Å²) in [5, 5.41) is 0. The molecule has 0 aromatic heterocycles. The summed E-state index contributed by atoms with van der Waals surface area (Å²) in [4.78, 5) is 0. The van der Waals surface area contributed by atoms with E-state index in [4.69, 9.17) is 0 Å². The number of allylic oxidation sites excluding steroid dienone is 1. The van der Waals surface area contributed by atoms with Crippen LogP contribution in [-0.2, 0) is 0 Å². The highest BCUT2D eigenvalue weighted by molar-refractivity contribution is 4.96.